The Hall–Kier alpha value is -1.77. The molecule has 3 heteroatoms. The van der Waals surface area contributed by atoms with Crippen LogP contribution >= 0.6 is 0 Å². The Bertz CT molecular complexity index is 517. The Kier molecular flexibility index (Phi) is 3.18. The molecule has 0 bridgehead atoms. The number of aryl methyl sites for hydroxylation is 3. The van der Waals surface area contributed by atoms with Gasteiger partial charge in [0.2, 0.25) is 0 Å². The largest absolute Gasteiger partial charge is 0.466 e. The van der Waals surface area contributed by atoms with E-state index in [4.69, 9.17) is 4.42 Å². The number of anilines is 1. The van der Waals surface area contributed by atoms with Crippen LogP contribution < -0.4 is 5.32 Å². The van der Waals surface area contributed by atoms with Crippen LogP contribution in [0.1, 0.15) is 35.6 Å². The first-order valence-electron chi connectivity index (χ1n) is 5.82. The van der Waals surface area contributed by atoms with Crippen molar-refractivity contribution in [3.05, 3.63) is 47.2 Å². The minimum atomic E-state index is 0.218. The molecular weight excluding hydrogens is 212 g/mol. The molecule has 0 amide bonds. The molecule has 0 aliphatic heterocycles. The summed E-state index contributed by atoms with van der Waals surface area (Å²) in [5, 5.41) is 3.46. The monoisotopic (exact) mass is 230 g/mol. The molecule has 1 N–H and O–H groups in total. The lowest BCUT2D eigenvalue weighted by atomic mass is 10.1. The number of nitrogens with one attached hydrogen (secondary N) is 1. The minimum absolute atomic E-state index is 0.218. The molecule has 2 heterocycles. The van der Waals surface area contributed by atoms with Gasteiger partial charge in [-0.3, -0.25) is 4.98 Å². The van der Waals surface area contributed by atoms with E-state index in [1.54, 1.807) is 6.20 Å². The predicted molar refractivity (Wildman–Crippen MR) is 69.2 cm³/mol. The molecule has 0 aliphatic carbocycles. The second-order valence-corrected chi connectivity index (χ2v) is 4.43. The normalized spacial score (nSPS) is 12.5. The van der Waals surface area contributed by atoms with Crippen LogP contribution in [0.25, 0.3) is 0 Å². The molecule has 0 saturated heterocycles. The van der Waals surface area contributed by atoms with Gasteiger partial charge in [-0.25, -0.2) is 0 Å². The van der Waals surface area contributed by atoms with Crippen molar-refractivity contribution in [2.45, 2.75) is 33.7 Å². The van der Waals surface area contributed by atoms with Crippen molar-refractivity contribution in [1.29, 1.82) is 0 Å². The third kappa shape index (κ3) is 2.49. The second kappa shape index (κ2) is 4.62. The van der Waals surface area contributed by atoms with Crippen LogP contribution in [-0.2, 0) is 0 Å². The lowest BCUT2D eigenvalue weighted by Gasteiger charge is -2.15. The molecule has 2 aromatic heterocycles. The molecule has 2 rings (SSSR count). The number of furan rings is 1. The molecule has 1 atom stereocenters. The van der Waals surface area contributed by atoms with Gasteiger partial charge in [0.25, 0.3) is 0 Å². The molecule has 2 aromatic rings. The SMILES string of the molecule is Cc1cc(C(C)Nc2cnccc2C)c(C)o1. The maximum atomic E-state index is 5.55. The Morgan fingerprint density at radius 1 is 1.29 bits per heavy atom. The third-order valence-corrected chi connectivity index (χ3v) is 2.96. The number of pyridine rings is 1. The van der Waals surface area contributed by atoms with E-state index in [1.165, 1.54) is 11.1 Å². The van der Waals surface area contributed by atoms with Gasteiger partial charge in [-0.05, 0) is 45.4 Å². The summed E-state index contributed by atoms with van der Waals surface area (Å²) in [6.07, 6.45) is 3.66. The van der Waals surface area contributed by atoms with E-state index in [0.717, 1.165) is 17.2 Å². The summed E-state index contributed by atoms with van der Waals surface area (Å²) < 4.78 is 5.55. The topological polar surface area (TPSA) is 38.1 Å². The van der Waals surface area contributed by atoms with E-state index in [-0.39, 0.29) is 6.04 Å². The zero-order valence-corrected chi connectivity index (χ0v) is 10.7. The second-order valence-electron chi connectivity index (χ2n) is 4.43. The summed E-state index contributed by atoms with van der Waals surface area (Å²) >= 11 is 0. The molecule has 0 fully saturated rings. The molecular formula is C14H18N2O. The first kappa shape index (κ1) is 11.7. The third-order valence-electron chi connectivity index (χ3n) is 2.96. The van der Waals surface area contributed by atoms with Gasteiger partial charge < -0.3 is 9.73 Å². The quantitative estimate of drug-likeness (QED) is 0.872. The van der Waals surface area contributed by atoms with Crippen molar-refractivity contribution in [2.24, 2.45) is 0 Å². The fourth-order valence-electron chi connectivity index (χ4n) is 2.01. The fourth-order valence-corrected chi connectivity index (χ4v) is 2.01. The van der Waals surface area contributed by atoms with Crippen molar-refractivity contribution in [1.82, 2.24) is 4.98 Å². The van der Waals surface area contributed by atoms with Crippen LogP contribution in [-0.4, -0.2) is 4.98 Å². The highest BCUT2D eigenvalue weighted by Crippen LogP contribution is 2.25. The Balaban J connectivity index is 2.20. The van der Waals surface area contributed by atoms with Gasteiger partial charge in [0, 0.05) is 11.8 Å². The van der Waals surface area contributed by atoms with Crippen molar-refractivity contribution in [3.63, 3.8) is 0 Å². The van der Waals surface area contributed by atoms with Crippen molar-refractivity contribution in [3.8, 4) is 0 Å². The average Bonchev–Trinajstić information content (AvgIpc) is 2.61. The van der Waals surface area contributed by atoms with Crippen LogP contribution in [0.2, 0.25) is 0 Å². The summed E-state index contributed by atoms with van der Waals surface area (Å²) in [5.41, 5.74) is 3.47. The van der Waals surface area contributed by atoms with Gasteiger partial charge in [-0.1, -0.05) is 0 Å². The molecule has 0 aliphatic rings. The molecule has 0 radical (unpaired) electrons. The molecule has 0 spiro atoms. The summed E-state index contributed by atoms with van der Waals surface area (Å²) in [7, 11) is 0. The van der Waals surface area contributed by atoms with Crippen LogP contribution in [0.5, 0.6) is 0 Å². The summed E-state index contributed by atoms with van der Waals surface area (Å²) in [4.78, 5) is 4.13. The highest BCUT2D eigenvalue weighted by atomic mass is 16.3. The minimum Gasteiger partial charge on any atom is -0.466 e. The molecule has 1 unspecified atom stereocenters. The van der Waals surface area contributed by atoms with Gasteiger partial charge in [-0.15, -0.1) is 0 Å². The van der Waals surface area contributed by atoms with Crippen LogP contribution in [0.4, 0.5) is 5.69 Å². The molecule has 0 aromatic carbocycles. The van der Waals surface area contributed by atoms with Gasteiger partial charge in [0.15, 0.2) is 0 Å². The number of nitrogens with zero attached hydrogens (tertiary/aromatic N) is 1. The molecule has 0 saturated carbocycles. The van der Waals surface area contributed by atoms with Crippen molar-refractivity contribution >= 4 is 5.69 Å². The zero-order valence-electron chi connectivity index (χ0n) is 10.7. The number of hydrogen-bond donors (Lipinski definition) is 1. The Morgan fingerprint density at radius 3 is 2.65 bits per heavy atom. The maximum Gasteiger partial charge on any atom is 0.106 e. The van der Waals surface area contributed by atoms with E-state index in [2.05, 4.69) is 30.2 Å². The Morgan fingerprint density at radius 2 is 2.06 bits per heavy atom. The first-order valence-corrected chi connectivity index (χ1v) is 5.82. The summed E-state index contributed by atoms with van der Waals surface area (Å²) in [6, 6.07) is 4.30. The lowest BCUT2D eigenvalue weighted by molar-refractivity contribution is 0.500. The fraction of sp³-hybridized carbons (Fsp3) is 0.357. The number of rotatable bonds is 3. The van der Waals surface area contributed by atoms with E-state index >= 15 is 0 Å². The van der Waals surface area contributed by atoms with E-state index in [1.807, 2.05) is 26.1 Å². The van der Waals surface area contributed by atoms with Crippen molar-refractivity contribution in [2.75, 3.05) is 5.32 Å². The maximum absolute atomic E-state index is 5.55. The standard InChI is InChI=1S/C14H18N2O/c1-9-5-6-15-8-14(9)16-11(3)13-7-10(2)17-12(13)4/h5-8,11,16H,1-4H3. The highest BCUT2D eigenvalue weighted by molar-refractivity contribution is 5.50. The number of hydrogen-bond acceptors (Lipinski definition) is 3. The van der Waals surface area contributed by atoms with Crippen LogP contribution in [0.15, 0.2) is 28.9 Å². The predicted octanol–water partition coefficient (Wildman–Crippen LogP) is 3.77. The van der Waals surface area contributed by atoms with Gasteiger partial charge in [0.1, 0.15) is 11.5 Å². The average molecular weight is 230 g/mol. The number of aromatic nitrogens is 1. The summed E-state index contributed by atoms with van der Waals surface area (Å²) in [6.45, 7) is 8.17. The van der Waals surface area contributed by atoms with E-state index < -0.39 is 0 Å². The van der Waals surface area contributed by atoms with Gasteiger partial charge in [-0.2, -0.15) is 0 Å². The van der Waals surface area contributed by atoms with Crippen LogP contribution in [0, 0.1) is 20.8 Å². The zero-order chi connectivity index (χ0) is 12.4. The lowest BCUT2D eigenvalue weighted by Crippen LogP contribution is -2.08. The van der Waals surface area contributed by atoms with Gasteiger partial charge in [0.05, 0.1) is 17.9 Å². The highest BCUT2D eigenvalue weighted by Gasteiger charge is 2.13. The summed E-state index contributed by atoms with van der Waals surface area (Å²) in [5.74, 6) is 1.93. The first-order chi connectivity index (χ1) is 8.08. The van der Waals surface area contributed by atoms with E-state index in [9.17, 15) is 0 Å². The Labute approximate surface area is 102 Å². The van der Waals surface area contributed by atoms with Gasteiger partial charge >= 0.3 is 0 Å². The molecule has 90 valence electrons. The molecule has 3 nitrogen and oxygen atoms in total. The smallest absolute Gasteiger partial charge is 0.106 e. The van der Waals surface area contributed by atoms with Crippen LogP contribution in [0.3, 0.4) is 0 Å². The molecule has 17 heavy (non-hydrogen) atoms. The van der Waals surface area contributed by atoms with E-state index in [0.29, 0.717) is 0 Å². The van der Waals surface area contributed by atoms with Crippen molar-refractivity contribution < 1.29 is 4.42 Å².